The predicted molar refractivity (Wildman–Crippen MR) is 312 cm³/mol. The zero-order valence-electron chi connectivity index (χ0n) is 48.2. The van der Waals surface area contributed by atoms with Gasteiger partial charge in [-0.1, -0.05) is 262 Å². The van der Waals surface area contributed by atoms with Gasteiger partial charge in [-0.05, 0) is 103 Å². The van der Waals surface area contributed by atoms with Gasteiger partial charge in [0.1, 0.15) is 13.2 Å². The van der Waals surface area contributed by atoms with Crippen molar-refractivity contribution in [1.29, 1.82) is 0 Å². The van der Waals surface area contributed by atoms with Gasteiger partial charge in [0.2, 0.25) is 0 Å². The van der Waals surface area contributed by atoms with E-state index in [-0.39, 0.29) is 31.1 Å². The van der Waals surface area contributed by atoms with Gasteiger partial charge in [0, 0.05) is 19.3 Å². The summed E-state index contributed by atoms with van der Waals surface area (Å²) in [6, 6.07) is 0. The molecule has 0 aliphatic heterocycles. The minimum atomic E-state index is -0.781. The number of esters is 3. The highest BCUT2D eigenvalue weighted by Gasteiger charge is 2.19. The van der Waals surface area contributed by atoms with E-state index >= 15 is 0 Å². The molecule has 0 radical (unpaired) electrons. The van der Waals surface area contributed by atoms with E-state index in [0.717, 1.165) is 77.0 Å². The fourth-order valence-electron chi connectivity index (χ4n) is 9.23. The molecule has 0 saturated carbocycles. The molecule has 0 fully saturated rings. The van der Waals surface area contributed by atoms with E-state index in [9.17, 15) is 14.4 Å². The summed E-state index contributed by atoms with van der Waals surface area (Å²) in [6.45, 7) is 6.64. The summed E-state index contributed by atoms with van der Waals surface area (Å²) >= 11 is 0. The van der Waals surface area contributed by atoms with Crippen molar-refractivity contribution in [2.24, 2.45) is 0 Å². The fraction of sp³-hybridized carbons (Fsp3) is 0.833. The molecule has 0 spiro atoms. The van der Waals surface area contributed by atoms with Crippen molar-refractivity contribution in [1.82, 2.24) is 0 Å². The normalized spacial score (nSPS) is 12.3. The fourth-order valence-corrected chi connectivity index (χ4v) is 9.23. The van der Waals surface area contributed by atoms with E-state index in [2.05, 4.69) is 69.4 Å². The Morgan fingerprint density at radius 2 is 0.500 bits per heavy atom. The number of allylic oxidation sites excluding steroid dienone is 8. The molecule has 420 valence electrons. The molecular weight excluding hydrogens is 889 g/mol. The Hall–Kier alpha value is -2.63. The van der Waals surface area contributed by atoms with Crippen molar-refractivity contribution in [3.05, 3.63) is 48.6 Å². The lowest BCUT2D eigenvalue weighted by atomic mass is 10.0. The highest BCUT2D eigenvalue weighted by Crippen LogP contribution is 2.16. The molecule has 0 saturated heterocycles. The van der Waals surface area contributed by atoms with Crippen LogP contribution in [0.2, 0.25) is 0 Å². The third-order valence-corrected chi connectivity index (χ3v) is 14.0. The summed E-state index contributed by atoms with van der Waals surface area (Å²) in [4.78, 5) is 38.3. The van der Waals surface area contributed by atoms with Crippen LogP contribution in [0.3, 0.4) is 0 Å². The molecule has 0 aromatic rings. The number of hydrogen-bond donors (Lipinski definition) is 0. The van der Waals surface area contributed by atoms with Gasteiger partial charge < -0.3 is 14.2 Å². The Labute approximate surface area is 448 Å². The third-order valence-electron chi connectivity index (χ3n) is 14.0. The van der Waals surface area contributed by atoms with Gasteiger partial charge >= 0.3 is 17.9 Å². The summed E-state index contributed by atoms with van der Waals surface area (Å²) in [5, 5.41) is 0. The van der Waals surface area contributed by atoms with E-state index < -0.39 is 6.10 Å². The van der Waals surface area contributed by atoms with Crippen molar-refractivity contribution in [3.63, 3.8) is 0 Å². The van der Waals surface area contributed by atoms with E-state index in [4.69, 9.17) is 14.2 Å². The molecule has 0 rings (SSSR count). The minimum absolute atomic E-state index is 0.0773. The summed E-state index contributed by atoms with van der Waals surface area (Å²) < 4.78 is 16.9. The first-order valence-electron chi connectivity index (χ1n) is 31.6. The van der Waals surface area contributed by atoms with Gasteiger partial charge in [-0.3, -0.25) is 14.4 Å². The van der Waals surface area contributed by atoms with E-state index in [1.165, 1.54) is 218 Å². The van der Waals surface area contributed by atoms with Crippen LogP contribution in [0.4, 0.5) is 0 Å². The lowest BCUT2D eigenvalue weighted by Crippen LogP contribution is -2.30. The predicted octanol–water partition coefficient (Wildman–Crippen LogP) is 21.4. The van der Waals surface area contributed by atoms with Crippen LogP contribution in [0.1, 0.15) is 335 Å². The van der Waals surface area contributed by atoms with Gasteiger partial charge in [-0.25, -0.2) is 0 Å². The number of carbonyl (C=O) groups excluding carboxylic acids is 3. The number of rotatable bonds is 58. The molecular formula is C66H120O6. The van der Waals surface area contributed by atoms with Gasteiger partial charge in [0.25, 0.3) is 0 Å². The zero-order valence-corrected chi connectivity index (χ0v) is 48.2. The summed E-state index contributed by atoms with van der Waals surface area (Å²) in [5.41, 5.74) is 0. The number of unbranched alkanes of at least 4 members (excludes halogenated alkanes) is 39. The first kappa shape index (κ1) is 69.4. The molecule has 6 nitrogen and oxygen atoms in total. The maximum atomic E-state index is 12.9. The molecule has 1 unspecified atom stereocenters. The molecule has 0 aromatic carbocycles. The second-order valence-corrected chi connectivity index (χ2v) is 21.3. The quantitative estimate of drug-likeness (QED) is 0.0261. The van der Waals surface area contributed by atoms with Crippen LogP contribution in [-0.2, 0) is 28.6 Å². The Bertz CT molecular complexity index is 1250. The first-order chi connectivity index (χ1) is 35.5. The van der Waals surface area contributed by atoms with Crippen LogP contribution in [-0.4, -0.2) is 37.2 Å². The topological polar surface area (TPSA) is 78.9 Å². The lowest BCUT2D eigenvalue weighted by molar-refractivity contribution is -0.167. The van der Waals surface area contributed by atoms with Crippen molar-refractivity contribution < 1.29 is 28.6 Å². The molecule has 0 aliphatic rings. The van der Waals surface area contributed by atoms with Crippen LogP contribution in [0, 0.1) is 0 Å². The molecule has 0 aromatic heterocycles. The molecule has 0 amide bonds. The smallest absolute Gasteiger partial charge is 0.306 e. The largest absolute Gasteiger partial charge is 0.462 e. The van der Waals surface area contributed by atoms with Crippen molar-refractivity contribution in [2.75, 3.05) is 13.2 Å². The first-order valence-corrected chi connectivity index (χ1v) is 31.6. The highest BCUT2D eigenvalue weighted by molar-refractivity contribution is 5.71. The standard InChI is InChI=1S/C66H120O6/c1-4-7-10-13-16-19-22-25-27-29-31-32-33-34-35-37-38-41-44-47-50-53-56-59-65(68)71-62-63(61-70-64(67)58-55-52-49-46-43-40-24-21-18-15-12-9-6-3)72-66(69)60-57-54-51-48-45-42-39-36-30-28-26-23-20-17-14-11-8-5-2/h20-21,23-24,28-31,63H,4-19,22,25-27,32-62H2,1-3H3/b23-20-,24-21-,30-28-,31-29-. The van der Waals surface area contributed by atoms with Gasteiger partial charge in [-0.2, -0.15) is 0 Å². The number of carbonyl (C=O) groups is 3. The molecule has 72 heavy (non-hydrogen) atoms. The van der Waals surface area contributed by atoms with E-state index in [0.29, 0.717) is 19.3 Å². The monoisotopic (exact) mass is 1010 g/mol. The molecule has 1 atom stereocenters. The van der Waals surface area contributed by atoms with Gasteiger partial charge in [0.05, 0.1) is 0 Å². The highest BCUT2D eigenvalue weighted by atomic mass is 16.6. The summed E-state index contributed by atoms with van der Waals surface area (Å²) in [5.74, 6) is -0.878. The maximum absolute atomic E-state index is 12.9. The zero-order chi connectivity index (χ0) is 52.2. The Balaban J connectivity index is 4.30. The van der Waals surface area contributed by atoms with Crippen LogP contribution >= 0.6 is 0 Å². The minimum Gasteiger partial charge on any atom is -0.462 e. The molecule has 0 N–H and O–H groups in total. The number of hydrogen-bond acceptors (Lipinski definition) is 6. The van der Waals surface area contributed by atoms with Crippen LogP contribution in [0.25, 0.3) is 0 Å². The Morgan fingerprint density at radius 3 is 0.792 bits per heavy atom. The maximum Gasteiger partial charge on any atom is 0.306 e. The number of ether oxygens (including phenoxy) is 3. The molecule has 0 aliphatic carbocycles. The van der Waals surface area contributed by atoms with Crippen LogP contribution < -0.4 is 0 Å². The molecule has 0 bridgehead atoms. The van der Waals surface area contributed by atoms with Crippen LogP contribution in [0.5, 0.6) is 0 Å². The van der Waals surface area contributed by atoms with Crippen molar-refractivity contribution in [3.8, 4) is 0 Å². The van der Waals surface area contributed by atoms with Gasteiger partial charge in [-0.15, -0.1) is 0 Å². The third kappa shape index (κ3) is 58.3. The van der Waals surface area contributed by atoms with Crippen LogP contribution in [0.15, 0.2) is 48.6 Å². The summed E-state index contributed by atoms with van der Waals surface area (Å²) in [6.07, 6.45) is 75.4. The van der Waals surface area contributed by atoms with Crippen molar-refractivity contribution in [2.45, 2.75) is 341 Å². The average Bonchev–Trinajstić information content (AvgIpc) is 3.38. The van der Waals surface area contributed by atoms with E-state index in [1.807, 2.05) is 0 Å². The summed E-state index contributed by atoms with van der Waals surface area (Å²) in [7, 11) is 0. The Morgan fingerprint density at radius 1 is 0.278 bits per heavy atom. The van der Waals surface area contributed by atoms with Crippen molar-refractivity contribution >= 4 is 17.9 Å². The lowest BCUT2D eigenvalue weighted by Gasteiger charge is -2.18. The van der Waals surface area contributed by atoms with E-state index in [1.54, 1.807) is 0 Å². The second-order valence-electron chi connectivity index (χ2n) is 21.3. The molecule has 0 heterocycles. The Kier molecular flexibility index (Phi) is 58.7. The van der Waals surface area contributed by atoms with Gasteiger partial charge in [0.15, 0.2) is 6.10 Å². The SMILES string of the molecule is CCCCCC/C=C\C/C=C\CCCCCCCCCC(=O)OC(COC(=O)CCCCCCC/C=C\CCCCCC)COC(=O)CCCCCCCCCCCCC/C=C\CCCCCCCCCC. The molecule has 6 heteroatoms. The second kappa shape index (κ2) is 60.9. The average molecular weight is 1010 g/mol.